The summed E-state index contributed by atoms with van der Waals surface area (Å²) in [5.41, 5.74) is 3.60. The Hall–Kier alpha value is -0.870. The van der Waals surface area contributed by atoms with Crippen LogP contribution in [-0.2, 0) is 11.4 Å². The van der Waals surface area contributed by atoms with Crippen LogP contribution in [0.25, 0.3) is 0 Å². The Labute approximate surface area is 53.2 Å². The number of hydroxylamine groups is 1. The smallest absolute Gasteiger partial charge is 0.0963 e. The quantitative estimate of drug-likeness (QED) is 0.564. The SMILES string of the molecule is CNOCc1cn[nH]c1. The first kappa shape index (κ1) is 6.25. The average Bonchev–Trinajstić information content (AvgIpc) is 2.34. The summed E-state index contributed by atoms with van der Waals surface area (Å²) in [7, 11) is 1.72. The minimum absolute atomic E-state index is 0.549. The molecule has 9 heavy (non-hydrogen) atoms. The number of hydrogen-bond donors (Lipinski definition) is 2. The number of aromatic amines is 1. The summed E-state index contributed by atoms with van der Waals surface area (Å²) in [6, 6.07) is 0. The van der Waals surface area contributed by atoms with Gasteiger partial charge in [-0.1, -0.05) is 0 Å². The molecule has 4 heteroatoms. The molecule has 0 amide bonds. The molecule has 0 aliphatic rings. The minimum Gasteiger partial charge on any atom is -0.297 e. The van der Waals surface area contributed by atoms with E-state index in [1.165, 1.54) is 0 Å². The van der Waals surface area contributed by atoms with Crippen molar-refractivity contribution in [1.82, 2.24) is 15.7 Å². The predicted octanol–water partition coefficient (Wildman–Crippen LogP) is 0.0607. The summed E-state index contributed by atoms with van der Waals surface area (Å²) in [4.78, 5) is 4.87. The van der Waals surface area contributed by atoms with Gasteiger partial charge in [0.2, 0.25) is 0 Å². The number of nitrogens with zero attached hydrogens (tertiary/aromatic N) is 1. The number of nitrogens with one attached hydrogen (secondary N) is 2. The highest BCUT2D eigenvalue weighted by molar-refractivity contribution is 4.99. The maximum Gasteiger partial charge on any atom is 0.0963 e. The summed E-state index contributed by atoms with van der Waals surface area (Å²) >= 11 is 0. The second-order valence-corrected chi connectivity index (χ2v) is 1.60. The number of rotatable bonds is 3. The molecule has 0 bridgehead atoms. The molecule has 0 spiro atoms. The highest BCUT2D eigenvalue weighted by Gasteiger charge is 1.89. The lowest BCUT2D eigenvalue weighted by molar-refractivity contribution is 0.0445. The third-order valence-electron chi connectivity index (χ3n) is 0.938. The number of hydrogen-bond acceptors (Lipinski definition) is 3. The van der Waals surface area contributed by atoms with E-state index < -0.39 is 0 Å². The van der Waals surface area contributed by atoms with Gasteiger partial charge in [0.05, 0.1) is 12.8 Å². The average molecular weight is 127 g/mol. The van der Waals surface area contributed by atoms with Crippen LogP contribution in [0.15, 0.2) is 12.4 Å². The van der Waals surface area contributed by atoms with Crippen LogP contribution in [0.4, 0.5) is 0 Å². The van der Waals surface area contributed by atoms with Crippen LogP contribution in [0, 0.1) is 0 Å². The molecular weight excluding hydrogens is 118 g/mol. The third-order valence-corrected chi connectivity index (χ3v) is 0.938. The van der Waals surface area contributed by atoms with Crippen molar-refractivity contribution in [2.24, 2.45) is 0 Å². The molecule has 0 radical (unpaired) electrons. The second kappa shape index (κ2) is 3.21. The first-order valence-electron chi connectivity index (χ1n) is 2.69. The van der Waals surface area contributed by atoms with Gasteiger partial charge in [-0.15, -0.1) is 0 Å². The number of H-pyrrole nitrogens is 1. The molecule has 0 fully saturated rings. The first-order valence-corrected chi connectivity index (χ1v) is 2.69. The summed E-state index contributed by atoms with van der Waals surface area (Å²) in [5.74, 6) is 0. The van der Waals surface area contributed by atoms with Gasteiger partial charge >= 0.3 is 0 Å². The summed E-state index contributed by atoms with van der Waals surface area (Å²) < 4.78 is 0. The van der Waals surface area contributed by atoms with Crippen LogP contribution in [0.2, 0.25) is 0 Å². The zero-order valence-electron chi connectivity index (χ0n) is 5.22. The molecule has 0 saturated heterocycles. The first-order chi connectivity index (χ1) is 4.43. The van der Waals surface area contributed by atoms with Gasteiger partial charge in [0.1, 0.15) is 0 Å². The van der Waals surface area contributed by atoms with Gasteiger partial charge in [0.15, 0.2) is 0 Å². The maximum atomic E-state index is 4.87. The van der Waals surface area contributed by atoms with Crippen LogP contribution in [0.1, 0.15) is 5.56 Å². The van der Waals surface area contributed by atoms with Gasteiger partial charge in [-0.3, -0.25) is 9.94 Å². The van der Waals surface area contributed by atoms with Crippen molar-refractivity contribution < 1.29 is 4.84 Å². The minimum atomic E-state index is 0.549. The summed E-state index contributed by atoms with van der Waals surface area (Å²) in [6.07, 6.45) is 3.51. The summed E-state index contributed by atoms with van der Waals surface area (Å²) in [6.45, 7) is 0.549. The largest absolute Gasteiger partial charge is 0.297 e. The molecule has 4 nitrogen and oxygen atoms in total. The second-order valence-electron chi connectivity index (χ2n) is 1.60. The topological polar surface area (TPSA) is 49.9 Å². The molecule has 1 heterocycles. The Morgan fingerprint density at radius 2 is 2.78 bits per heavy atom. The zero-order chi connectivity index (χ0) is 6.53. The Kier molecular flexibility index (Phi) is 2.23. The lowest BCUT2D eigenvalue weighted by Gasteiger charge is -1.94. The normalized spacial score (nSPS) is 9.89. The zero-order valence-corrected chi connectivity index (χ0v) is 5.22. The van der Waals surface area contributed by atoms with E-state index >= 15 is 0 Å². The Balaban J connectivity index is 2.30. The molecule has 0 atom stereocenters. The summed E-state index contributed by atoms with van der Waals surface area (Å²) in [5, 5.41) is 6.42. The van der Waals surface area contributed by atoms with Crippen molar-refractivity contribution in [2.75, 3.05) is 7.05 Å². The van der Waals surface area contributed by atoms with Crippen LogP contribution < -0.4 is 5.48 Å². The van der Waals surface area contributed by atoms with Crippen molar-refractivity contribution >= 4 is 0 Å². The molecule has 0 aliphatic carbocycles. The lowest BCUT2D eigenvalue weighted by atomic mass is 10.4. The van der Waals surface area contributed by atoms with E-state index in [0.29, 0.717) is 6.61 Å². The molecule has 2 N–H and O–H groups in total. The van der Waals surface area contributed by atoms with Crippen LogP contribution in [0.3, 0.4) is 0 Å². The van der Waals surface area contributed by atoms with Gasteiger partial charge in [-0.2, -0.15) is 5.10 Å². The van der Waals surface area contributed by atoms with Crippen molar-refractivity contribution in [1.29, 1.82) is 0 Å². The molecule has 1 rings (SSSR count). The van der Waals surface area contributed by atoms with E-state index in [2.05, 4.69) is 15.7 Å². The van der Waals surface area contributed by atoms with E-state index in [1.54, 1.807) is 19.4 Å². The molecular formula is C5H9N3O. The van der Waals surface area contributed by atoms with Gasteiger partial charge in [0, 0.05) is 18.8 Å². The van der Waals surface area contributed by atoms with Crippen LogP contribution in [0.5, 0.6) is 0 Å². The van der Waals surface area contributed by atoms with Crippen molar-refractivity contribution in [2.45, 2.75) is 6.61 Å². The fourth-order valence-electron chi connectivity index (χ4n) is 0.512. The third kappa shape index (κ3) is 1.83. The Bertz CT molecular complexity index is 149. The van der Waals surface area contributed by atoms with E-state index in [-0.39, 0.29) is 0 Å². The van der Waals surface area contributed by atoms with Crippen LogP contribution in [-0.4, -0.2) is 17.2 Å². The van der Waals surface area contributed by atoms with Gasteiger partial charge in [-0.25, -0.2) is 5.48 Å². The fourth-order valence-corrected chi connectivity index (χ4v) is 0.512. The lowest BCUT2D eigenvalue weighted by Crippen LogP contribution is -2.05. The van der Waals surface area contributed by atoms with Gasteiger partial charge in [-0.05, 0) is 0 Å². The Morgan fingerprint density at radius 3 is 3.33 bits per heavy atom. The van der Waals surface area contributed by atoms with E-state index in [1.807, 2.05) is 0 Å². The molecule has 0 aromatic carbocycles. The highest BCUT2D eigenvalue weighted by atomic mass is 16.6. The monoisotopic (exact) mass is 127 g/mol. The Morgan fingerprint density at radius 1 is 1.89 bits per heavy atom. The standard InChI is InChI=1S/C5H9N3O/c1-6-9-4-5-2-7-8-3-5/h2-3,6H,4H2,1H3,(H,7,8). The van der Waals surface area contributed by atoms with Crippen molar-refractivity contribution in [3.8, 4) is 0 Å². The fraction of sp³-hybridized carbons (Fsp3) is 0.400. The van der Waals surface area contributed by atoms with Crippen molar-refractivity contribution in [3.63, 3.8) is 0 Å². The predicted molar refractivity (Wildman–Crippen MR) is 32.4 cm³/mol. The van der Waals surface area contributed by atoms with Crippen molar-refractivity contribution in [3.05, 3.63) is 18.0 Å². The number of aromatic nitrogens is 2. The van der Waals surface area contributed by atoms with Gasteiger partial charge in [0.25, 0.3) is 0 Å². The van der Waals surface area contributed by atoms with E-state index in [9.17, 15) is 0 Å². The molecule has 0 saturated carbocycles. The highest BCUT2D eigenvalue weighted by Crippen LogP contribution is 1.93. The molecule has 50 valence electrons. The maximum absolute atomic E-state index is 4.87. The molecule has 1 aromatic rings. The van der Waals surface area contributed by atoms with Gasteiger partial charge < -0.3 is 0 Å². The molecule has 0 aliphatic heterocycles. The van der Waals surface area contributed by atoms with E-state index in [0.717, 1.165) is 5.56 Å². The van der Waals surface area contributed by atoms with Crippen LogP contribution >= 0.6 is 0 Å². The van der Waals surface area contributed by atoms with E-state index in [4.69, 9.17) is 4.84 Å². The molecule has 1 aromatic heterocycles. The molecule has 0 unspecified atom stereocenters.